The first-order valence-corrected chi connectivity index (χ1v) is 17.1. The van der Waals surface area contributed by atoms with Crippen molar-refractivity contribution >= 4 is 47.5 Å². The van der Waals surface area contributed by atoms with Gasteiger partial charge in [-0.3, -0.25) is 4.99 Å². The summed E-state index contributed by atoms with van der Waals surface area (Å²) in [4.78, 5) is 19.8. The van der Waals surface area contributed by atoms with Gasteiger partial charge in [-0.15, -0.1) is 11.3 Å². The van der Waals surface area contributed by atoms with Gasteiger partial charge in [-0.1, -0.05) is 45.0 Å². The Morgan fingerprint density at radius 1 is 1.14 bits per heavy atom. The van der Waals surface area contributed by atoms with E-state index in [9.17, 15) is 9.90 Å². The predicted molar refractivity (Wildman–Crippen MR) is 156 cm³/mol. The molecule has 3 aliphatic rings. The minimum atomic E-state index is -2.03. The van der Waals surface area contributed by atoms with E-state index < -0.39 is 14.0 Å². The van der Waals surface area contributed by atoms with E-state index in [2.05, 4.69) is 61.3 Å². The van der Waals surface area contributed by atoms with E-state index in [1.807, 2.05) is 12.3 Å². The van der Waals surface area contributed by atoms with Gasteiger partial charge in [-0.2, -0.15) is 0 Å². The number of rotatable bonds is 7. The summed E-state index contributed by atoms with van der Waals surface area (Å²) in [6.07, 6.45) is 12.8. The van der Waals surface area contributed by atoms with Gasteiger partial charge < -0.3 is 10.0 Å². The monoisotopic (exact) mass is 516 g/mol. The van der Waals surface area contributed by atoms with Crippen molar-refractivity contribution in [2.24, 2.45) is 4.99 Å². The lowest BCUT2D eigenvalue weighted by Crippen LogP contribution is -2.49. The predicted octanol–water partition coefficient (Wildman–Crippen LogP) is 6.75. The van der Waals surface area contributed by atoms with E-state index in [1.165, 1.54) is 69.8 Å². The van der Waals surface area contributed by atoms with Crippen LogP contribution in [0.4, 0.5) is 5.69 Å². The van der Waals surface area contributed by atoms with Gasteiger partial charge in [0, 0.05) is 25.3 Å². The zero-order valence-corrected chi connectivity index (χ0v) is 23.7. The number of nitrogens with zero attached hydrogens (tertiary/aromatic N) is 2. The molecular weight excluding hydrogens is 480 g/mol. The van der Waals surface area contributed by atoms with Crippen molar-refractivity contribution in [1.29, 1.82) is 0 Å². The number of allylic oxidation sites excluding steroid dienone is 5. The van der Waals surface area contributed by atoms with Crippen LogP contribution < -0.4 is 10.1 Å². The smallest absolute Gasteiger partial charge is 0.346 e. The molecule has 1 saturated heterocycles. The third-order valence-electron chi connectivity index (χ3n) is 7.92. The average Bonchev–Trinajstić information content (AvgIpc) is 3.53. The Hall–Kier alpha value is -2.70. The summed E-state index contributed by atoms with van der Waals surface area (Å²) in [6, 6.07) is 7.02. The fourth-order valence-corrected chi connectivity index (χ4v) is 9.82. The molecule has 1 fully saturated rings. The molecule has 0 unspecified atom stereocenters. The number of carbonyl (C=O) groups is 1. The summed E-state index contributed by atoms with van der Waals surface area (Å²) in [5, 5.41) is 14.6. The lowest BCUT2D eigenvalue weighted by Gasteiger charge is -2.38. The molecule has 2 aromatic rings. The topological polar surface area (TPSA) is 52.9 Å². The number of aromatic carboxylic acids is 1. The van der Waals surface area contributed by atoms with E-state index in [-0.39, 0.29) is 0 Å². The first-order chi connectivity index (χ1) is 17.3. The summed E-state index contributed by atoms with van der Waals surface area (Å²) in [6.45, 7) is 12.2. The maximum absolute atomic E-state index is 11.9. The van der Waals surface area contributed by atoms with E-state index >= 15 is 0 Å². The van der Waals surface area contributed by atoms with Gasteiger partial charge in [0.2, 0.25) is 0 Å². The van der Waals surface area contributed by atoms with Crippen LogP contribution in [0.1, 0.15) is 65.4 Å². The molecule has 0 spiro atoms. The largest absolute Gasteiger partial charge is 0.477 e. The molecule has 1 aromatic carbocycles. The second kappa shape index (κ2) is 9.98. The fourth-order valence-electron chi connectivity index (χ4n) is 5.83. The molecule has 0 atom stereocenters. The molecule has 0 saturated carbocycles. The molecular formula is C30H36N2O2SSi. The summed E-state index contributed by atoms with van der Waals surface area (Å²) < 4.78 is 0. The molecule has 1 aliphatic carbocycles. The molecule has 2 aliphatic heterocycles. The second-order valence-corrected chi connectivity index (χ2v) is 15.9. The maximum Gasteiger partial charge on any atom is 0.346 e. The van der Waals surface area contributed by atoms with Gasteiger partial charge in [0.15, 0.2) is 0 Å². The van der Waals surface area contributed by atoms with Crippen molar-refractivity contribution < 1.29 is 9.90 Å². The van der Waals surface area contributed by atoms with Gasteiger partial charge in [-0.05, 0) is 94.1 Å². The average molecular weight is 517 g/mol. The van der Waals surface area contributed by atoms with Gasteiger partial charge in [0.1, 0.15) is 13.0 Å². The highest BCUT2D eigenvalue weighted by Crippen LogP contribution is 2.44. The molecule has 5 rings (SSSR count). The molecule has 1 aromatic heterocycles. The lowest BCUT2D eigenvalue weighted by atomic mass is 9.89. The first-order valence-electron chi connectivity index (χ1n) is 13.2. The minimum absolute atomic E-state index is 0.430. The summed E-state index contributed by atoms with van der Waals surface area (Å²) in [7, 11) is -2.03. The molecule has 0 amide bonds. The first kappa shape index (κ1) is 25.0. The van der Waals surface area contributed by atoms with Crippen LogP contribution in [0.2, 0.25) is 13.1 Å². The van der Waals surface area contributed by atoms with Crippen LogP contribution in [-0.4, -0.2) is 44.5 Å². The van der Waals surface area contributed by atoms with Crippen molar-refractivity contribution in [3.63, 3.8) is 0 Å². The lowest BCUT2D eigenvalue weighted by molar-refractivity contribution is 0.0701. The summed E-state index contributed by atoms with van der Waals surface area (Å²) in [5.41, 5.74) is 7.99. The molecule has 3 heterocycles. The summed E-state index contributed by atoms with van der Waals surface area (Å²) >= 11 is 1.33. The molecule has 0 radical (unpaired) electrons. The third kappa shape index (κ3) is 4.35. The number of fused-ring (bicyclic) bond motifs is 2. The third-order valence-corrected chi connectivity index (χ3v) is 12.5. The Labute approximate surface area is 219 Å². The van der Waals surface area contributed by atoms with E-state index in [4.69, 9.17) is 4.99 Å². The number of hydrogen-bond acceptors (Lipinski definition) is 4. The van der Waals surface area contributed by atoms with Gasteiger partial charge >= 0.3 is 5.97 Å². The van der Waals surface area contributed by atoms with E-state index in [1.54, 1.807) is 0 Å². The molecule has 0 bridgehead atoms. The van der Waals surface area contributed by atoms with Crippen LogP contribution >= 0.6 is 11.3 Å². The highest BCUT2D eigenvalue weighted by molar-refractivity contribution is 7.12. The number of aliphatic imine (C=N–C) groups is 1. The van der Waals surface area contributed by atoms with Gasteiger partial charge in [-0.25, -0.2) is 4.79 Å². The van der Waals surface area contributed by atoms with Crippen LogP contribution in [0, 0.1) is 6.92 Å². The molecule has 188 valence electrons. The number of benzene rings is 1. The van der Waals surface area contributed by atoms with Crippen molar-refractivity contribution in [2.45, 2.75) is 59.0 Å². The number of thiophene rings is 1. The number of carboxylic acids is 1. The van der Waals surface area contributed by atoms with E-state index in [0.717, 1.165) is 42.9 Å². The Bertz CT molecular complexity index is 1320. The molecule has 4 nitrogen and oxygen atoms in total. The minimum Gasteiger partial charge on any atom is -0.477 e. The standard InChI is InChI=1S/C30H36N2O2SSi/c1-5-6-7-14-31-21-10-12-23-26(17-21)36(3,4)27-18-22(32-15-8-9-16-32)11-13-24(27)28(23)25-19-35-29(20(25)2)30(33)34/h10-13,17-19H,5-9,14-16H2,1-4H3,(H,33,34). The van der Waals surface area contributed by atoms with Crippen LogP contribution in [-0.2, 0) is 0 Å². The van der Waals surface area contributed by atoms with Crippen LogP contribution in [0.3, 0.4) is 0 Å². The molecule has 36 heavy (non-hydrogen) atoms. The Morgan fingerprint density at radius 3 is 2.61 bits per heavy atom. The highest BCUT2D eigenvalue weighted by atomic mass is 32.1. The van der Waals surface area contributed by atoms with Crippen molar-refractivity contribution in [3.8, 4) is 0 Å². The highest BCUT2D eigenvalue weighted by Gasteiger charge is 2.40. The Morgan fingerprint density at radius 2 is 1.92 bits per heavy atom. The Balaban J connectivity index is 1.69. The molecule has 6 heteroatoms. The van der Waals surface area contributed by atoms with Crippen molar-refractivity contribution in [3.05, 3.63) is 74.1 Å². The number of anilines is 1. The quantitative estimate of drug-likeness (QED) is 0.327. The second-order valence-electron chi connectivity index (χ2n) is 10.7. The van der Waals surface area contributed by atoms with Crippen molar-refractivity contribution in [1.82, 2.24) is 0 Å². The normalized spacial score (nSPS) is 19.5. The number of unbranched alkanes of at least 4 members (excludes halogenated alkanes) is 2. The van der Waals surface area contributed by atoms with Crippen molar-refractivity contribution in [2.75, 3.05) is 24.5 Å². The SMILES string of the molecule is CCCCCN=C1C=CC2=C(c3csc(C(=O)O)c3C)c3ccc(N4CCCC4)cc3[Si](C)(C)C2=C1. The zero-order chi connectivity index (χ0) is 25.4. The fraction of sp³-hybridized carbons (Fsp3) is 0.400. The number of carboxylic acid groups (broad SMARTS) is 1. The maximum atomic E-state index is 11.9. The Kier molecular flexibility index (Phi) is 6.92. The van der Waals surface area contributed by atoms with E-state index in [0.29, 0.717) is 4.88 Å². The van der Waals surface area contributed by atoms with Crippen LogP contribution in [0.5, 0.6) is 0 Å². The van der Waals surface area contributed by atoms with Crippen LogP contribution in [0.25, 0.3) is 5.57 Å². The number of hydrogen-bond donors (Lipinski definition) is 1. The van der Waals surface area contributed by atoms with Crippen LogP contribution in [0.15, 0.2) is 57.6 Å². The summed E-state index contributed by atoms with van der Waals surface area (Å²) in [5.74, 6) is -0.846. The molecule has 1 N–H and O–H groups in total. The van der Waals surface area contributed by atoms with Gasteiger partial charge in [0.25, 0.3) is 0 Å². The van der Waals surface area contributed by atoms with Gasteiger partial charge in [0.05, 0.1) is 5.71 Å². The zero-order valence-electron chi connectivity index (χ0n) is 21.9.